The van der Waals surface area contributed by atoms with E-state index in [1.165, 1.54) is 44.1 Å². The average Bonchev–Trinajstić information content (AvgIpc) is 3.34. The molecule has 1 aromatic rings. The molecule has 136 valence electrons. The van der Waals surface area contributed by atoms with E-state index < -0.39 is 6.17 Å². The zero-order valence-corrected chi connectivity index (χ0v) is 15.9. The van der Waals surface area contributed by atoms with Gasteiger partial charge >= 0.3 is 0 Å². The summed E-state index contributed by atoms with van der Waals surface area (Å²) in [6.07, 6.45) is 7.18. The zero-order valence-electron chi connectivity index (χ0n) is 15.1. The van der Waals surface area contributed by atoms with Gasteiger partial charge in [0.15, 0.2) is 0 Å². The summed E-state index contributed by atoms with van der Waals surface area (Å²) in [4.78, 5) is 0. The Morgan fingerprint density at radius 1 is 1.16 bits per heavy atom. The monoisotopic (exact) mass is 361 g/mol. The molecular formula is C21H28FNOS. The fourth-order valence-corrected chi connectivity index (χ4v) is 7.42. The van der Waals surface area contributed by atoms with Gasteiger partial charge in [-0.05, 0) is 96.3 Å². The third-order valence-corrected chi connectivity index (χ3v) is 8.98. The number of alkyl halides is 1. The van der Waals surface area contributed by atoms with Crippen LogP contribution in [0.4, 0.5) is 4.39 Å². The van der Waals surface area contributed by atoms with E-state index in [1.54, 1.807) is 0 Å². The van der Waals surface area contributed by atoms with E-state index in [0.717, 1.165) is 17.8 Å². The van der Waals surface area contributed by atoms with Crippen LogP contribution in [-0.4, -0.2) is 0 Å². The summed E-state index contributed by atoms with van der Waals surface area (Å²) in [7, 11) is 0. The van der Waals surface area contributed by atoms with Crippen molar-refractivity contribution in [1.82, 2.24) is 0 Å². The Balaban J connectivity index is 1.55. The third kappa shape index (κ3) is 2.07. The molecule has 0 saturated heterocycles. The summed E-state index contributed by atoms with van der Waals surface area (Å²) in [5.74, 6) is 2.47. The Kier molecular flexibility index (Phi) is 3.54. The first-order chi connectivity index (χ1) is 12.0. The highest BCUT2D eigenvalue weighted by Gasteiger charge is 2.67. The molecule has 4 heteroatoms. The van der Waals surface area contributed by atoms with Crippen LogP contribution in [0.1, 0.15) is 75.6 Å². The van der Waals surface area contributed by atoms with E-state index in [2.05, 4.69) is 19.9 Å². The lowest BCUT2D eigenvalue weighted by Crippen LogP contribution is -2.46. The minimum atomic E-state index is -0.888. The Morgan fingerprint density at radius 2 is 1.96 bits per heavy atom. The van der Waals surface area contributed by atoms with Gasteiger partial charge in [0.05, 0.1) is 0 Å². The second kappa shape index (κ2) is 5.39. The number of nitrogens with two attached hydrogens (primary N) is 1. The van der Waals surface area contributed by atoms with Crippen molar-refractivity contribution in [2.75, 3.05) is 0 Å². The van der Waals surface area contributed by atoms with Crippen molar-refractivity contribution in [2.24, 2.45) is 33.7 Å². The molecule has 1 spiro atoms. The molecule has 4 aliphatic rings. The number of halogens is 1. The summed E-state index contributed by atoms with van der Waals surface area (Å²) < 4.78 is 20.8. The van der Waals surface area contributed by atoms with Crippen LogP contribution in [0.2, 0.25) is 0 Å². The van der Waals surface area contributed by atoms with Crippen molar-refractivity contribution in [1.29, 1.82) is 0 Å². The Bertz CT molecular complexity index is 705. The van der Waals surface area contributed by atoms with Gasteiger partial charge < -0.3 is 4.18 Å². The molecule has 6 atom stereocenters. The molecular weight excluding hydrogens is 333 g/mol. The highest BCUT2D eigenvalue weighted by atomic mass is 32.2. The topological polar surface area (TPSA) is 35.2 Å². The van der Waals surface area contributed by atoms with Crippen LogP contribution in [0.5, 0.6) is 5.75 Å². The van der Waals surface area contributed by atoms with Gasteiger partial charge in [-0.15, -0.1) is 0 Å². The highest BCUT2D eigenvalue weighted by Crippen LogP contribution is 2.76. The van der Waals surface area contributed by atoms with Crippen LogP contribution >= 0.6 is 12.2 Å². The summed E-state index contributed by atoms with van der Waals surface area (Å²) in [5.41, 5.74) is 3.16. The van der Waals surface area contributed by atoms with Crippen molar-refractivity contribution < 1.29 is 8.57 Å². The maximum absolute atomic E-state index is 15.5. The van der Waals surface area contributed by atoms with Gasteiger partial charge in [-0.3, -0.25) is 0 Å². The van der Waals surface area contributed by atoms with Gasteiger partial charge in [0.2, 0.25) is 0 Å². The molecule has 1 aromatic carbocycles. The standard InChI is InChI=1S/C21H28FNOS/c1-12-18-15(5-7-20(2)17(18)6-8-21(20)9-10-21)14-4-3-13(24-25-23)11-16(14)19(12)22/h3-4,11-12,15,17-19H,5-10,23H2,1-2H3. The van der Waals surface area contributed by atoms with E-state index in [0.29, 0.717) is 34.3 Å². The molecule has 3 saturated carbocycles. The van der Waals surface area contributed by atoms with Crippen molar-refractivity contribution in [2.45, 2.75) is 64.5 Å². The van der Waals surface area contributed by atoms with Gasteiger partial charge in [-0.25, -0.2) is 9.53 Å². The molecule has 0 bridgehead atoms. The van der Waals surface area contributed by atoms with E-state index in [-0.39, 0.29) is 5.92 Å². The fraction of sp³-hybridized carbons (Fsp3) is 0.714. The molecule has 0 radical (unpaired) electrons. The quantitative estimate of drug-likeness (QED) is 0.523. The SMILES string of the molecule is CC1C(F)c2cc(OSN)ccc2C2CCC3(C)C(CCC34CC4)C21. The zero-order chi connectivity index (χ0) is 17.4. The van der Waals surface area contributed by atoms with Crippen LogP contribution in [0.25, 0.3) is 0 Å². The molecule has 6 unspecified atom stereocenters. The van der Waals surface area contributed by atoms with Gasteiger partial charge in [-0.2, -0.15) is 0 Å². The molecule has 2 nitrogen and oxygen atoms in total. The number of hydrogen-bond acceptors (Lipinski definition) is 3. The first-order valence-electron chi connectivity index (χ1n) is 9.82. The molecule has 2 N–H and O–H groups in total. The number of fused-ring (bicyclic) bond motifs is 6. The van der Waals surface area contributed by atoms with E-state index in [4.69, 9.17) is 9.32 Å². The normalized spacial score (nSPS) is 43.3. The Morgan fingerprint density at radius 3 is 2.68 bits per heavy atom. The summed E-state index contributed by atoms with van der Waals surface area (Å²) >= 11 is 0.826. The van der Waals surface area contributed by atoms with Crippen LogP contribution in [-0.2, 0) is 0 Å². The predicted molar refractivity (Wildman–Crippen MR) is 99.8 cm³/mol. The van der Waals surface area contributed by atoms with E-state index in [9.17, 15) is 0 Å². The lowest BCUT2D eigenvalue weighted by atomic mass is 9.51. The van der Waals surface area contributed by atoms with E-state index >= 15 is 4.39 Å². The Labute approximate surface area is 154 Å². The molecule has 0 heterocycles. The molecule has 4 aliphatic carbocycles. The van der Waals surface area contributed by atoms with Gasteiger partial charge in [0.25, 0.3) is 0 Å². The average molecular weight is 362 g/mol. The maximum Gasteiger partial charge on any atom is 0.140 e. The van der Waals surface area contributed by atoms with Gasteiger partial charge in [0.1, 0.15) is 24.1 Å². The number of benzene rings is 1. The minimum absolute atomic E-state index is 0.0943. The largest absolute Gasteiger partial charge is 0.410 e. The summed E-state index contributed by atoms with van der Waals surface area (Å²) in [5, 5.41) is 5.41. The summed E-state index contributed by atoms with van der Waals surface area (Å²) in [6.45, 7) is 4.69. The van der Waals surface area contributed by atoms with Gasteiger partial charge in [0, 0.05) is 0 Å². The van der Waals surface area contributed by atoms with Crippen molar-refractivity contribution >= 4 is 12.2 Å². The Hall–Kier alpha value is -0.740. The highest BCUT2D eigenvalue weighted by molar-refractivity contribution is 7.92. The third-order valence-electron chi connectivity index (χ3n) is 8.69. The van der Waals surface area contributed by atoms with Crippen molar-refractivity contribution in [3.8, 4) is 5.75 Å². The van der Waals surface area contributed by atoms with Crippen molar-refractivity contribution in [3.63, 3.8) is 0 Å². The molecule has 0 amide bonds. The lowest BCUT2D eigenvalue weighted by Gasteiger charge is -2.54. The number of hydrogen-bond donors (Lipinski definition) is 1. The molecule has 0 aliphatic heterocycles. The van der Waals surface area contributed by atoms with Crippen LogP contribution < -0.4 is 9.32 Å². The maximum atomic E-state index is 15.5. The van der Waals surface area contributed by atoms with Crippen LogP contribution in [0, 0.1) is 28.6 Å². The first-order valence-corrected chi connectivity index (χ1v) is 10.6. The smallest absolute Gasteiger partial charge is 0.140 e. The second-order valence-electron chi connectivity index (χ2n) is 9.30. The van der Waals surface area contributed by atoms with E-state index in [1.807, 2.05) is 12.1 Å². The summed E-state index contributed by atoms with van der Waals surface area (Å²) in [6, 6.07) is 5.96. The molecule has 25 heavy (non-hydrogen) atoms. The minimum Gasteiger partial charge on any atom is -0.410 e. The van der Waals surface area contributed by atoms with Crippen molar-refractivity contribution in [3.05, 3.63) is 29.3 Å². The molecule has 0 aromatic heterocycles. The lowest BCUT2D eigenvalue weighted by molar-refractivity contribution is -0.0252. The van der Waals surface area contributed by atoms with Gasteiger partial charge in [-0.1, -0.05) is 19.9 Å². The van der Waals surface area contributed by atoms with Crippen LogP contribution in [0.3, 0.4) is 0 Å². The predicted octanol–water partition coefficient (Wildman–Crippen LogP) is 5.94. The first kappa shape index (κ1) is 16.4. The van der Waals surface area contributed by atoms with Crippen LogP contribution in [0.15, 0.2) is 18.2 Å². The molecule has 5 rings (SSSR count). The fourth-order valence-electron chi connectivity index (χ4n) is 7.21. The number of rotatable bonds is 2. The second-order valence-corrected chi connectivity index (χ2v) is 9.66. The molecule has 3 fully saturated rings.